The fourth-order valence-electron chi connectivity index (χ4n) is 2.58. The third kappa shape index (κ3) is 2.14. The number of Topliss-reactive ketones (excluding diaryl/α,β-unsaturated/α-hetero) is 1. The summed E-state index contributed by atoms with van der Waals surface area (Å²) < 4.78 is 7.20. The number of aromatic nitrogens is 2. The number of aryl methyl sites for hydroxylation is 1. The zero-order chi connectivity index (χ0) is 12.5. The standard InChI is InChI=1S/C13H20N2O2/c1-10-4-7-13(17-3,8-5-10)12(16)11-6-9-14-15(11)2/h6,9-10H,4-5,7-8H2,1-3H3. The Kier molecular flexibility index (Phi) is 3.33. The summed E-state index contributed by atoms with van der Waals surface area (Å²) in [6.07, 6.45) is 5.39. The Morgan fingerprint density at radius 1 is 1.53 bits per heavy atom. The van der Waals surface area contributed by atoms with E-state index >= 15 is 0 Å². The molecule has 0 radical (unpaired) electrons. The zero-order valence-corrected chi connectivity index (χ0v) is 10.8. The second-order valence-electron chi connectivity index (χ2n) is 5.05. The summed E-state index contributed by atoms with van der Waals surface area (Å²) in [5.74, 6) is 0.768. The molecule has 94 valence electrons. The molecule has 4 nitrogen and oxygen atoms in total. The van der Waals surface area contributed by atoms with Gasteiger partial charge in [0.25, 0.3) is 0 Å². The normalized spacial score (nSPS) is 29.2. The van der Waals surface area contributed by atoms with Crippen molar-refractivity contribution in [2.75, 3.05) is 7.11 Å². The van der Waals surface area contributed by atoms with Crippen LogP contribution in [0.3, 0.4) is 0 Å². The van der Waals surface area contributed by atoms with Crippen LogP contribution in [0.25, 0.3) is 0 Å². The molecule has 1 aliphatic carbocycles. The minimum atomic E-state index is -0.625. The predicted molar refractivity (Wildman–Crippen MR) is 64.9 cm³/mol. The van der Waals surface area contributed by atoms with Gasteiger partial charge in [-0.15, -0.1) is 0 Å². The summed E-state index contributed by atoms with van der Waals surface area (Å²) in [5.41, 5.74) is 0.0155. The van der Waals surface area contributed by atoms with Gasteiger partial charge in [-0.05, 0) is 37.7 Å². The summed E-state index contributed by atoms with van der Waals surface area (Å²) >= 11 is 0. The van der Waals surface area contributed by atoms with Crippen LogP contribution < -0.4 is 0 Å². The lowest BCUT2D eigenvalue weighted by Gasteiger charge is -2.36. The van der Waals surface area contributed by atoms with E-state index in [9.17, 15) is 4.79 Å². The van der Waals surface area contributed by atoms with Crippen LogP contribution in [-0.4, -0.2) is 28.3 Å². The monoisotopic (exact) mass is 236 g/mol. The maximum absolute atomic E-state index is 12.6. The molecule has 0 unspecified atom stereocenters. The van der Waals surface area contributed by atoms with Gasteiger partial charge in [-0.2, -0.15) is 5.10 Å². The molecular formula is C13H20N2O2. The molecule has 1 aromatic rings. The van der Waals surface area contributed by atoms with Gasteiger partial charge in [-0.25, -0.2) is 0 Å². The first-order valence-corrected chi connectivity index (χ1v) is 6.17. The minimum Gasteiger partial charge on any atom is -0.370 e. The van der Waals surface area contributed by atoms with Crippen LogP contribution >= 0.6 is 0 Å². The lowest BCUT2D eigenvalue weighted by molar-refractivity contribution is -0.0269. The SMILES string of the molecule is COC1(C(=O)c2ccnn2C)CCC(C)CC1. The van der Waals surface area contributed by atoms with Gasteiger partial charge in [0.15, 0.2) is 0 Å². The Morgan fingerprint density at radius 2 is 2.18 bits per heavy atom. The average molecular weight is 236 g/mol. The number of rotatable bonds is 3. The Bertz CT molecular complexity index is 403. The van der Waals surface area contributed by atoms with Crippen molar-refractivity contribution in [3.8, 4) is 0 Å². The molecule has 1 heterocycles. The lowest BCUT2D eigenvalue weighted by atomic mass is 9.76. The van der Waals surface area contributed by atoms with E-state index in [2.05, 4.69) is 12.0 Å². The summed E-state index contributed by atoms with van der Waals surface area (Å²) in [6, 6.07) is 1.77. The van der Waals surface area contributed by atoms with E-state index in [1.165, 1.54) is 0 Å². The van der Waals surface area contributed by atoms with Crippen LogP contribution in [0.2, 0.25) is 0 Å². The largest absolute Gasteiger partial charge is 0.370 e. The third-order valence-corrected chi connectivity index (χ3v) is 3.94. The molecule has 0 spiro atoms. The van der Waals surface area contributed by atoms with Gasteiger partial charge in [0, 0.05) is 20.4 Å². The van der Waals surface area contributed by atoms with Crippen LogP contribution in [0.4, 0.5) is 0 Å². The van der Waals surface area contributed by atoms with Crippen LogP contribution in [0, 0.1) is 5.92 Å². The minimum absolute atomic E-state index is 0.0758. The van der Waals surface area contributed by atoms with E-state index in [-0.39, 0.29) is 5.78 Å². The molecule has 1 fully saturated rings. The first-order valence-electron chi connectivity index (χ1n) is 6.17. The van der Waals surface area contributed by atoms with Gasteiger partial charge < -0.3 is 4.74 Å². The van der Waals surface area contributed by atoms with Crippen molar-refractivity contribution in [3.63, 3.8) is 0 Å². The van der Waals surface area contributed by atoms with Crippen molar-refractivity contribution >= 4 is 5.78 Å². The molecule has 0 amide bonds. The fourth-order valence-corrected chi connectivity index (χ4v) is 2.58. The molecule has 0 aromatic carbocycles. The number of nitrogens with zero attached hydrogens (tertiary/aromatic N) is 2. The molecule has 0 N–H and O–H groups in total. The topological polar surface area (TPSA) is 44.1 Å². The van der Waals surface area contributed by atoms with Crippen molar-refractivity contribution in [2.45, 2.75) is 38.2 Å². The van der Waals surface area contributed by atoms with E-state index in [1.807, 2.05) is 0 Å². The molecule has 0 aliphatic heterocycles. The second-order valence-corrected chi connectivity index (χ2v) is 5.05. The average Bonchev–Trinajstić information content (AvgIpc) is 2.76. The van der Waals surface area contributed by atoms with Gasteiger partial charge in [0.1, 0.15) is 11.3 Å². The van der Waals surface area contributed by atoms with E-state index < -0.39 is 5.60 Å². The molecule has 0 saturated heterocycles. The van der Waals surface area contributed by atoms with Crippen molar-refractivity contribution in [3.05, 3.63) is 18.0 Å². The van der Waals surface area contributed by atoms with Crippen LogP contribution in [0.1, 0.15) is 43.1 Å². The first-order chi connectivity index (χ1) is 8.09. The molecule has 1 aliphatic rings. The number of carbonyl (C=O) groups is 1. The highest BCUT2D eigenvalue weighted by Crippen LogP contribution is 2.36. The van der Waals surface area contributed by atoms with Crippen LogP contribution in [0.5, 0.6) is 0 Å². The smallest absolute Gasteiger partial charge is 0.212 e. The van der Waals surface area contributed by atoms with Gasteiger partial charge in [0.2, 0.25) is 5.78 Å². The number of ketones is 1. The molecule has 2 rings (SSSR count). The highest BCUT2D eigenvalue weighted by Gasteiger charge is 2.42. The molecular weight excluding hydrogens is 216 g/mol. The number of methoxy groups -OCH3 is 1. The molecule has 0 atom stereocenters. The highest BCUT2D eigenvalue weighted by atomic mass is 16.5. The number of carbonyl (C=O) groups excluding carboxylic acids is 1. The van der Waals surface area contributed by atoms with Gasteiger partial charge in [-0.3, -0.25) is 9.48 Å². The Hall–Kier alpha value is -1.16. The Labute approximate surface area is 102 Å². The van der Waals surface area contributed by atoms with Gasteiger partial charge in [-0.1, -0.05) is 6.92 Å². The quantitative estimate of drug-likeness (QED) is 0.756. The maximum Gasteiger partial charge on any atom is 0.212 e. The first kappa shape index (κ1) is 12.3. The van der Waals surface area contributed by atoms with Crippen LogP contribution in [-0.2, 0) is 11.8 Å². The van der Waals surface area contributed by atoms with Crippen molar-refractivity contribution in [1.82, 2.24) is 9.78 Å². The molecule has 17 heavy (non-hydrogen) atoms. The summed E-state index contributed by atoms with van der Waals surface area (Å²) in [4.78, 5) is 12.6. The summed E-state index contributed by atoms with van der Waals surface area (Å²) in [5, 5.41) is 4.05. The molecule has 1 aromatic heterocycles. The Morgan fingerprint density at radius 3 is 2.65 bits per heavy atom. The number of ether oxygens (including phenoxy) is 1. The predicted octanol–water partition coefficient (Wildman–Crippen LogP) is 2.20. The highest BCUT2D eigenvalue weighted by molar-refractivity contribution is 6.01. The Balaban J connectivity index is 2.24. The van der Waals surface area contributed by atoms with E-state index in [1.54, 1.807) is 31.1 Å². The summed E-state index contributed by atoms with van der Waals surface area (Å²) in [6.45, 7) is 2.23. The number of hydrogen-bond donors (Lipinski definition) is 0. The molecule has 0 bridgehead atoms. The van der Waals surface area contributed by atoms with Crippen molar-refractivity contribution in [1.29, 1.82) is 0 Å². The van der Waals surface area contributed by atoms with Crippen LogP contribution in [0.15, 0.2) is 12.3 Å². The van der Waals surface area contributed by atoms with E-state index in [0.29, 0.717) is 11.6 Å². The number of hydrogen-bond acceptors (Lipinski definition) is 3. The molecule has 1 saturated carbocycles. The van der Waals surface area contributed by atoms with Gasteiger partial charge in [0.05, 0.1) is 0 Å². The van der Waals surface area contributed by atoms with E-state index in [4.69, 9.17) is 4.74 Å². The van der Waals surface area contributed by atoms with Crippen molar-refractivity contribution < 1.29 is 9.53 Å². The lowest BCUT2D eigenvalue weighted by Crippen LogP contribution is -2.44. The molecule has 4 heteroatoms. The van der Waals surface area contributed by atoms with Gasteiger partial charge >= 0.3 is 0 Å². The van der Waals surface area contributed by atoms with E-state index in [0.717, 1.165) is 25.7 Å². The van der Waals surface area contributed by atoms with Crippen molar-refractivity contribution in [2.24, 2.45) is 13.0 Å². The maximum atomic E-state index is 12.6. The zero-order valence-electron chi connectivity index (χ0n) is 10.8. The third-order valence-electron chi connectivity index (χ3n) is 3.94. The fraction of sp³-hybridized carbons (Fsp3) is 0.692. The second kappa shape index (κ2) is 4.61. The summed E-state index contributed by atoms with van der Waals surface area (Å²) in [7, 11) is 3.44.